The lowest BCUT2D eigenvalue weighted by Crippen LogP contribution is -2.38. The van der Waals surface area contributed by atoms with Crippen LogP contribution in [0.25, 0.3) is 0 Å². The average molecular weight is 312 g/mol. The van der Waals surface area contributed by atoms with Gasteiger partial charge in [-0.05, 0) is 49.5 Å². The zero-order chi connectivity index (χ0) is 15.5. The molecule has 2 aromatic heterocycles. The van der Waals surface area contributed by atoms with E-state index >= 15 is 0 Å². The summed E-state index contributed by atoms with van der Waals surface area (Å²) in [7, 11) is 0. The summed E-state index contributed by atoms with van der Waals surface area (Å²) in [6, 6.07) is 7.65. The van der Waals surface area contributed by atoms with Crippen molar-refractivity contribution < 1.29 is 4.79 Å². The number of rotatable bonds is 2. The predicted molar refractivity (Wildman–Crippen MR) is 83.7 cm³/mol. The van der Waals surface area contributed by atoms with Crippen LogP contribution in [0.4, 0.5) is 0 Å². The number of hydrogen-bond donors (Lipinski definition) is 0. The summed E-state index contributed by atoms with van der Waals surface area (Å²) in [5.74, 6) is 0.379. The molecule has 0 spiro atoms. The second-order valence-electron chi connectivity index (χ2n) is 5.47. The number of likely N-dealkylation sites (tertiary alicyclic amines) is 1. The highest BCUT2D eigenvalue weighted by Gasteiger charge is 2.26. The van der Waals surface area contributed by atoms with Gasteiger partial charge in [-0.25, -0.2) is 0 Å². The zero-order valence-corrected chi connectivity index (χ0v) is 13.1. The Balaban J connectivity index is 1.62. The molecule has 112 valence electrons. The minimum atomic E-state index is 0.0237. The maximum Gasteiger partial charge on any atom is 0.273 e. The van der Waals surface area contributed by atoms with Crippen LogP contribution in [0.5, 0.6) is 0 Å². The Kier molecular flexibility index (Phi) is 4.16. The fraction of sp³-hybridized carbons (Fsp3) is 0.375. The van der Waals surface area contributed by atoms with Crippen molar-refractivity contribution in [2.75, 3.05) is 13.1 Å². The van der Waals surface area contributed by atoms with E-state index in [-0.39, 0.29) is 5.91 Å². The standard InChI is InChI=1S/C16H16N4OS/c1-11-8-15(19-22-11)16(21)20-6-4-13(5-7-20)14-3-2-12(9-17)10-18-14/h2-3,8,10,13H,4-7H2,1H3. The zero-order valence-electron chi connectivity index (χ0n) is 12.3. The summed E-state index contributed by atoms with van der Waals surface area (Å²) >= 11 is 1.36. The molecule has 0 saturated carbocycles. The molecule has 3 rings (SSSR count). The molecule has 0 aliphatic carbocycles. The lowest BCUT2D eigenvalue weighted by Gasteiger charge is -2.31. The van der Waals surface area contributed by atoms with Gasteiger partial charge >= 0.3 is 0 Å². The van der Waals surface area contributed by atoms with E-state index in [1.807, 2.05) is 24.0 Å². The molecule has 1 fully saturated rings. The van der Waals surface area contributed by atoms with Gasteiger partial charge in [0.15, 0.2) is 0 Å². The van der Waals surface area contributed by atoms with Crippen molar-refractivity contribution in [2.24, 2.45) is 0 Å². The van der Waals surface area contributed by atoms with Crippen LogP contribution in [0.1, 0.15) is 45.4 Å². The quantitative estimate of drug-likeness (QED) is 0.855. The molecule has 0 N–H and O–H groups in total. The molecule has 1 aliphatic heterocycles. The first-order chi connectivity index (χ1) is 10.7. The van der Waals surface area contributed by atoms with Gasteiger partial charge in [0.05, 0.1) is 5.56 Å². The van der Waals surface area contributed by atoms with Crippen LogP contribution in [0.2, 0.25) is 0 Å². The number of nitriles is 1. The van der Waals surface area contributed by atoms with Crippen LogP contribution < -0.4 is 0 Å². The monoisotopic (exact) mass is 312 g/mol. The van der Waals surface area contributed by atoms with Crippen molar-refractivity contribution in [3.05, 3.63) is 46.2 Å². The Morgan fingerprint density at radius 1 is 1.41 bits per heavy atom. The first-order valence-corrected chi connectivity index (χ1v) is 8.03. The Labute approximate surface area is 133 Å². The Morgan fingerprint density at radius 3 is 2.73 bits per heavy atom. The minimum Gasteiger partial charge on any atom is -0.337 e. The molecule has 0 unspecified atom stereocenters. The number of carbonyl (C=O) groups is 1. The van der Waals surface area contributed by atoms with Gasteiger partial charge in [-0.1, -0.05) is 0 Å². The molecule has 1 saturated heterocycles. The van der Waals surface area contributed by atoms with E-state index < -0.39 is 0 Å². The maximum absolute atomic E-state index is 12.4. The van der Waals surface area contributed by atoms with Crippen molar-refractivity contribution >= 4 is 17.4 Å². The number of piperidine rings is 1. The number of aryl methyl sites for hydroxylation is 1. The van der Waals surface area contributed by atoms with Crippen LogP contribution in [0, 0.1) is 18.3 Å². The molecular formula is C16H16N4OS. The van der Waals surface area contributed by atoms with Gasteiger partial charge in [0.2, 0.25) is 0 Å². The van der Waals surface area contributed by atoms with Crippen molar-refractivity contribution in [3.63, 3.8) is 0 Å². The lowest BCUT2D eigenvalue weighted by molar-refractivity contribution is 0.0707. The number of hydrogen-bond acceptors (Lipinski definition) is 5. The third-order valence-electron chi connectivity index (χ3n) is 3.96. The highest BCUT2D eigenvalue weighted by Crippen LogP contribution is 2.27. The maximum atomic E-state index is 12.4. The number of carbonyl (C=O) groups excluding carboxylic acids is 1. The fourth-order valence-electron chi connectivity index (χ4n) is 2.72. The number of amides is 1. The van der Waals surface area contributed by atoms with Crippen LogP contribution in [0.15, 0.2) is 24.4 Å². The third kappa shape index (κ3) is 3.00. The van der Waals surface area contributed by atoms with Crippen molar-refractivity contribution in [1.82, 2.24) is 14.3 Å². The van der Waals surface area contributed by atoms with Crippen molar-refractivity contribution in [2.45, 2.75) is 25.7 Å². The Bertz CT molecular complexity index is 708. The first kappa shape index (κ1) is 14.7. The highest BCUT2D eigenvalue weighted by molar-refractivity contribution is 7.05. The van der Waals surface area contributed by atoms with E-state index in [1.54, 1.807) is 12.3 Å². The van der Waals surface area contributed by atoms with Crippen LogP contribution in [0.3, 0.4) is 0 Å². The van der Waals surface area contributed by atoms with Gasteiger partial charge in [-0.15, -0.1) is 0 Å². The van der Waals surface area contributed by atoms with Gasteiger partial charge in [-0.3, -0.25) is 9.78 Å². The molecule has 0 aromatic carbocycles. The average Bonchev–Trinajstić information content (AvgIpc) is 3.01. The summed E-state index contributed by atoms with van der Waals surface area (Å²) < 4.78 is 4.19. The van der Waals surface area contributed by atoms with Crippen molar-refractivity contribution in [1.29, 1.82) is 5.26 Å². The summed E-state index contributed by atoms with van der Waals surface area (Å²) in [4.78, 5) is 19.7. The van der Waals surface area contributed by atoms with E-state index in [1.165, 1.54) is 11.5 Å². The number of aromatic nitrogens is 2. The molecule has 1 aliphatic rings. The van der Waals surface area contributed by atoms with Gasteiger partial charge < -0.3 is 4.90 Å². The summed E-state index contributed by atoms with van der Waals surface area (Å²) in [6.45, 7) is 3.40. The molecule has 1 amide bonds. The van der Waals surface area contributed by atoms with Crippen LogP contribution in [-0.4, -0.2) is 33.3 Å². The second-order valence-corrected chi connectivity index (χ2v) is 6.48. The van der Waals surface area contributed by atoms with E-state index in [9.17, 15) is 4.79 Å². The topological polar surface area (TPSA) is 69.9 Å². The van der Waals surface area contributed by atoms with Gasteiger partial charge in [0, 0.05) is 35.8 Å². The summed E-state index contributed by atoms with van der Waals surface area (Å²) in [5, 5.41) is 8.81. The van der Waals surface area contributed by atoms with Gasteiger partial charge in [0.25, 0.3) is 5.91 Å². The number of pyridine rings is 1. The third-order valence-corrected chi connectivity index (χ3v) is 4.66. The summed E-state index contributed by atoms with van der Waals surface area (Å²) in [6.07, 6.45) is 3.41. The molecule has 22 heavy (non-hydrogen) atoms. The molecule has 5 nitrogen and oxygen atoms in total. The minimum absolute atomic E-state index is 0.0237. The molecular weight excluding hydrogens is 296 g/mol. The van der Waals surface area contributed by atoms with Crippen molar-refractivity contribution in [3.8, 4) is 6.07 Å². The van der Waals surface area contributed by atoms with Gasteiger partial charge in [-0.2, -0.15) is 9.64 Å². The molecule has 0 bridgehead atoms. The Hall–Kier alpha value is -2.26. The molecule has 0 atom stereocenters. The Morgan fingerprint density at radius 2 is 2.18 bits per heavy atom. The molecule has 3 heterocycles. The second kappa shape index (κ2) is 6.24. The van der Waals surface area contributed by atoms with E-state index in [0.29, 0.717) is 17.2 Å². The molecule has 0 radical (unpaired) electrons. The van der Waals surface area contributed by atoms with Gasteiger partial charge in [0.1, 0.15) is 11.8 Å². The van der Waals surface area contributed by atoms with Crippen LogP contribution >= 0.6 is 11.5 Å². The lowest BCUT2D eigenvalue weighted by atomic mass is 9.92. The SMILES string of the molecule is Cc1cc(C(=O)N2CCC(c3ccc(C#N)cn3)CC2)ns1. The van der Waals surface area contributed by atoms with E-state index in [4.69, 9.17) is 5.26 Å². The first-order valence-electron chi connectivity index (χ1n) is 7.26. The largest absolute Gasteiger partial charge is 0.337 e. The van der Waals surface area contributed by atoms with Crippen LogP contribution in [-0.2, 0) is 0 Å². The fourth-order valence-corrected chi connectivity index (χ4v) is 3.26. The number of nitrogens with zero attached hydrogens (tertiary/aromatic N) is 4. The predicted octanol–water partition coefficient (Wildman–Crippen LogP) is 2.74. The van der Waals surface area contributed by atoms with E-state index in [2.05, 4.69) is 15.4 Å². The highest BCUT2D eigenvalue weighted by atomic mass is 32.1. The summed E-state index contributed by atoms with van der Waals surface area (Å²) in [5.41, 5.74) is 2.14. The van der Waals surface area contributed by atoms with E-state index in [0.717, 1.165) is 36.5 Å². The molecule has 2 aromatic rings. The smallest absolute Gasteiger partial charge is 0.273 e. The normalized spacial score (nSPS) is 15.5. The molecule has 6 heteroatoms.